The monoisotopic (exact) mass is 839 g/mol. The second-order valence-electron chi connectivity index (χ2n) is 15.6. The van der Waals surface area contributed by atoms with E-state index in [4.69, 9.17) is 15.3 Å². The van der Waals surface area contributed by atoms with Crippen LogP contribution in [0.25, 0.3) is 33.5 Å². The van der Waals surface area contributed by atoms with Gasteiger partial charge in [0.15, 0.2) is 5.82 Å². The SMILES string of the molecule is CCc1nc2ccn(Cc3ccccc3OC(F)(F)F)c(=O)c2n1[C@H]1CCc2cc(-c3ccccc3-c3nnnn3C(c3ccccc3)(c3ccccc3)c3ccccc3)ccc21. The maximum Gasteiger partial charge on any atom is 0.573 e. The van der Waals surface area contributed by atoms with E-state index < -0.39 is 11.9 Å². The molecular weight excluding hydrogens is 800 g/mol. The molecule has 12 heteroatoms. The van der Waals surface area contributed by atoms with Gasteiger partial charge in [-0.2, -0.15) is 0 Å². The number of aromatic nitrogens is 7. The zero-order chi connectivity index (χ0) is 43.1. The molecule has 9 nitrogen and oxygen atoms in total. The smallest absolute Gasteiger partial charge is 0.405 e. The number of halogens is 3. The number of imidazole rings is 1. The van der Waals surface area contributed by atoms with Crippen molar-refractivity contribution in [2.24, 2.45) is 0 Å². The summed E-state index contributed by atoms with van der Waals surface area (Å²) < 4.78 is 49.5. The molecule has 1 aliphatic carbocycles. The molecule has 0 radical (unpaired) electrons. The first kappa shape index (κ1) is 39.5. The van der Waals surface area contributed by atoms with Crippen molar-refractivity contribution >= 4 is 11.0 Å². The van der Waals surface area contributed by atoms with Crippen LogP contribution < -0.4 is 10.3 Å². The van der Waals surface area contributed by atoms with E-state index in [1.54, 1.807) is 18.3 Å². The summed E-state index contributed by atoms with van der Waals surface area (Å²) in [6.07, 6.45) is -1.20. The Balaban J connectivity index is 1.06. The lowest BCUT2D eigenvalue weighted by atomic mass is 9.77. The molecule has 9 aromatic rings. The molecule has 0 aliphatic heterocycles. The third-order valence-electron chi connectivity index (χ3n) is 12.1. The van der Waals surface area contributed by atoms with Crippen molar-refractivity contribution in [3.8, 4) is 28.3 Å². The molecule has 1 atom stereocenters. The number of fused-ring (bicyclic) bond motifs is 2. The van der Waals surface area contributed by atoms with Gasteiger partial charge in [-0.1, -0.05) is 159 Å². The van der Waals surface area contributed by atoms with Crippen molar-refractivity contribution in [2.45, 2.75) is 50.7 Å². The van der Waals surface area contributed by atoms with E-state index in [0.717, 1.165) is 63.2 Å². The number of nitrogens with zero attached hydrogens (tertiary/aromatic N) is 7. The van der Waals surface area contributed by atoms with Gasteiger partial charge in [0.2, 0.25) is 0 Å². The fourth-order valence-electron chi connectivity index (χ4n) is 9.39. The molecule has 0 saturated carbocycles. The van der Waals surface area contributed by atoms with Crippen LogP contribution in [0.2, 0.25) is 0 Å². The van der Waals surface area contributed by atoms with Crippen molar-refractivity contribution in [1.29, 1.82) is 0 Å². The van der Waals surface area contributed by atoms with Gasteiger partial charge in [0.05, 0.1) is 18.1 Å². The van der Waals surface area contributed by atoms with Crippen molar-refractivity contribution in [1.82, 2.24) is 34.3 Å². The quantitative estimate of drug-likeness (QED) is 0.121. The number of hydrogen-bond donors (Lipinski definition) is 0. The van der Waals surface area contributed by atoms with E-state index in [9.17, 15) is 18.0 Å². The van der Waals surface area contributed by atoms with Gasteiger partial charge in [-0.3, -0.25) is 4.79 Å². The number of rotatable bonds is 11. The minimum atomic E-state index is -4.87. The number of alkyl halides is 3. The molecule has 0 unspecified atom stereocenters. The average Bonchev–Trinajstić information content (AvgIpc) is 4.06. The summed E-state index contributed by atoms with van der Waals surface area (Å²) in [5, 5.41) is 13.9. The Hall–Kier alpha value is -7.60. The molecule has 0 spiro atoms. The minimum Gasteiger partial charge on any atom is -0.405 e. The second kappa shape index (κ2) is 16.0. The van der Waals surface area contributed by atoms with E-state index in [-0.39, 0.29) is 29.5 Å². The van der Waals surface area contributed by atoms with Gasteiger partial charge in [0, 0.05) is 23.7 Å². The first-order valence-corrected chi connectivity index (χ1v) is 20.9. The van der Waals surface area contributed by atoms with Gasteiger partial charge in [-0.25, -0.2) is 9.67 Å². The van der Waals surface area contributed by atoms with E-state index in [1.165, 1.54) is 22.8 Å². The molecule has 63 heavy (non-hydrogen) atoms. The van der Waals surface area contributed by atoms with Crippen LogP contribution in [-0.2, 0) is 24.9 Å². The summed E-state index contributed by atoms with van der Waals surface area (Å²) >= 11 is 0. The molecule has 0 saturated heterocycles. The van der Waals surface area contributed by atoms with Crippen molar-refractivity contribution in [2.75, 3.05) is 0 Å². The number of benzene rings is 6. The highest BCUT2D eigenvalue weighted by Gasteiger charge is 2.42. The topological polar surface area (TPSA) is 92.7 Å². The van der Waals surface area contributed by atoms with Crippen molar-refractivity contribution < 1.29 is 17.9 Å². The van der Waals surface area contributed by atoms with E-state index in [0.29, 0.717) is 23.3 Å². The summed E-state index contributed by atoms with van der Waals surface area (Å²) in [6.45, 7) is 1.90. The van der Waals surface area contributed by atoms with Crippen LogP contribution in [0.4, 0.5) is 13.2 Å². The molecule has 10 rings (SSSR count). The molecule has 0 fully saturated rings. The van der Waals surface area contributed by atoms with Gasteiger partial charge in [0.25, 0.3) is 5.56 Å². The summed E-state index contributed by atoms with van der Waals surface area (Å²) in [5.74, 6) is 1.02. The highest BCUT2D eigenvalue weighted by Crippen LogP contribution is 2.45. The molecule has 0 N–H and O–H groups in total. The van der Waals surface area contributed by atoms with Crippen LogP contribution in [0.1, 0.15) is 58.6 Å². The summed E-state index contributed by atoms with van der Waals surface area (Å²) in [6, 6.07) is 53.0. The first-order valence-electron chi connectivity index (χ1n) is 20.9. The number of hydrogen-bond acceptors (Lipinski definition) is 6. The predicted molar refractivity (Wildman–Crippen MR) is 235 cm³/mol. The Bertz CT molecular complexity index is 3050. The standard InChI is InChI=1S/C51H40F3N7O2/c1-2-46-55-43-30-31-59(33-36-16-12-15-25-45(36)63-51(52,53)54)49(62)47(43)60(46)44-29-27-35-32-34(26-28-41(35)44)40-23-13-14-24-42(40)48-56-57-58-61(48)50(37-17-6-3-7-18-37,38-19-8-4-9-20-38)39-21-10-5-11-22-39/h3-26,28,30-32,44H,2,27,29,33H2,1H3/t44-/m0/s1. The number of aryl methyl sites for hydroxylation is 2. The molecule has 1 aliphatic rings. The lowest BCUT2D eigenvalue weighted by molar-refractivity contribution is -0.274. The number of ether oxygens (including phenoxy) is 1. The predicted octanol–water partition coefficient (Wildman–Crippen LogP) is 10.4. The molecule has 312 valence electrons. The molecule has 0 amide bonds. The summed E-state index contributed by atoms with van der Waals surface area (Å²) in [4.78, 5) is 19.2. The maximum absolute atomic E-state index is 14.3. The van der Waals surface area contributed by atoms with Gasteiger partial charge in [-0.15, -0.1) is 18.3 Å². The largest absolute Gasteiger partial charge is 0.573 e. The van der Waals surface area contributed by atoms with Crippen molar-refractivity contribution in [3.05, 3.63) is 220 Å². The number of pyridine rings is 1. The Labute approximate surface area is 360 Å². The van der Waals surface area contributed by atoms with Crippen LogP contribution in [0.3, 0.4) is 0 Å². The lowest BCUT2D eigenvalue weighted by Crippen LogP contribution is -2.39. The second-order valence-corrected chi connectivity index (χ2v) is 15.6. The molecule has 3 heterocycles. The maximum atomic E-state index is 14.3. The molecule has 6 aromatic carbocycles. The molecular formula is C51H40F3N7O2. The minimum absolute atomic E-state index is 0.107. The molecule has 3 aromatic heterocycles. The zero-order valence-electron chi connectivity index (χ0n) is 34.2. The van der Waals surface area contributed by atoms with E-state index in [2.05, 4.69) is 76.7 Å². The Morgan fingerprint density at radius 1 is 0.730 bits per heavy atom. The van der Waals surface area contributed by atoms with Crippen LogP contribution in [-0.4, -0.2) is 40.7 Å². The Morgan fingerprint density at radius 2 is 1.35 bits per heavy atom. The normalized spacial score (nSPS) is 13.9. The van der Waals surface area contributed by atoms with E-state index in [1.807, 2.05) is 82.9 Å². The number of tetrazole rings is 1. The highest BCUT2D eigenvalue weighted by molar-refractivity contribution is 5.82. The fraction of sp³-hybridized carbons (Fsp3) is 0.157. The van der Waals surface area contributed by atoms with Gasteiger partial charge >= 0.3 is 6.36 Å². The van der Waals surface area contributed by atoms with Crippen LogP contribution in [0, 0.1) is 0 Å². The third-order valence-corrected chi connectivity index (χ3v) is 12.1. The van der Waals surface area contributed by atoms with Gasteiger partial charge in [-0.05, 0) is 74.3 Å². The number of para-hydroxylation sites is 1. The fourth-order valence-corrected chi connectivity index (χ4v) is 9.39. The molecule has 0 bridgehead atoms. The zero-order valence-corrected chi connectivity index (χ0v) is 34.2. The Morgan fingerprint density at radius 3 is 2.00 bits per heavy atom. The third kappa shape index (κ3) is 6.97. The summed E-state index contributed by atoms with van der Waals surface area (Å²) in [7, 11) is 0. The van der Waals surface area contributed by atoms with Gasteiger partial charge in [0.1, 0.15) is 22.6 Å². The summed E-state index contributed by atoms with van der Waals surface area (Å²) in [5.41, 5.74) is 8.00. The van der Waals surface area contributed by atoms with Crippen molar-refractivity contribution in [3.63, 3.8) is 0 Å². The first-order chi connectivity index (χ1) is 30.7. The lowest BCUT2D eigenvalue weighted by Gasteiger charge is -2.36. The van der Waals surface area contributed by atoms with Crippen LogP contribution in [0.5, 0.6) is 5.75 Å². The van der Waals surface area contributed by atoms with Gasteiger partial charge < -0.3 is 13.9 Å². The average molecular weight is 840 g/mol. The van der Waals surface area contributed by atoms with E-state index >= 15 is 0 Å². The van der Waals surface area contributed by atoms with Crippen LogP contribution >= 0.6 is 0 Å². The van der Waals surface area contributed by atoms with Crippen LogP contribution in [0.15, 0.2) is 175 Å². The Kier molecular flexibility index (Phi) is 10.1. The highest BCUT2D eigenvalue weighted by atomic mass is 19.4.